The Kier molecular flexibility index (Phi) is 19.5. The highest BCUT2D eigenvalue weighted by Crippen LogP contribution is 2.14. The molecule has 0 saturated carbocycles. The van der Waals surface area contributed by atoms with Crippen LogP contribution < -0.4 is 0 Å². The monoisotopic (exact) mass is 396 g/mol. The molecule has 1 atom stereocenters. The molecule has 4 heteroatoms. The van der Waals surface area contributed by atoms with Crippen molar-refractivity contribution in [2.75, 3.05) is 0 Å². The number of carbonyl (C=O) groups is 2. The Bertz CT molecular complexity index is 403. The van der Waals surface area contributed by atoms with Gasteiger partial charge in [0.05, 0.1) is 12.3 Å². The van der Waals surface area contributed by atoms with Crippen LogP contribution in [-0.2, 0) is 9.59 Å². The van der Waals surface area contributed by atoms with Gasteiger partial charge in [0.2, 0.25) is 0 Å². The van der Waals surface area contributed by atoms with Gasteiger partial charge in [-0.1, -0.05) is 109 Å². The summed E-state index contributed by atoms with van der Waals surface area (Å²) >= 11 is 0. The number of allylic oxidation sites excluding steroid dienone is 2. The molecule has 0 amide bonds. The van der Waals surface area contributed by atoms with E-state index < -0.39 is 17.9 Å². The topological polar surface area (TPSA) is 74.6 Å². The molecule has 0 aliphatic rings. The zero-order valence-electron chi connectivity index (χ0n) is 18.2. The first-order chi connectivity index (χ1) is 13.6. The molecule has 0 rings (SSSR count). The average molecular weight is 397 g/mol. The second kappa shape index (κ2) is 20.4. The van der Waals surface area contributed by atoms with Gasteiger partial charge in [0, 0.05) is 0 Å². The highest BCUT2D eigenvalue weighted by molar-refractivity contribution is 5.77. The number of aliphatic carboxylic acids is 2. The fourth-order valence-corrected chi connectivity index (χ4v) is 3.49. The van der Waals surface area contributed by atoms with Gasteiger partial charge in [-0.05, 0) is 19.3 Å². The molecule has 0 spiro atoms. The van der Waals surface area contributed by atoms with Crippen LogP contribution in [0.1, 0.15) is 122 Å². The van der Waals surface area contributed by atoms with Crippen molar-refractivity contribution < 1.29 is 19.8 Å². The van der Waals surface area contributed by atoms with Gasteiger partial charge in [-0.25, -0.2) is 0 Å². The first kappa shape index (κ1) is 26.7. The van der Waals surface area contributed by atoms with Gasteiger partial charge < -0.3 is 10.2 Å². The molecule has 1 unspecified atom stereocenters. The number of hydrogen-bond donors (Lipinski definition) is 2. The third kappa shape index (κ3) is 19.4. The third-order valence-electron chi connectivity index (χ3n) is 5.33. The molecule has 164 valence electrons. The van der Waals surface area contributed by atoms with Crippen molar-refractivity contribution in [2.24, 2.45) is 5.92 Å². The van der Waals surface area contributed by atoms with E-state index in [0.29, 0.717) is 6.42 Å². The predicted molar refractivity (Wildman–Crippen MR) is 117 cm³/mol. The number of carboxylic acids is 2. The van der Waals surface area contributed by atoms with Crippen LogP contribution in [0.15, 0.2) is 12.2 Å². The van der Waals surface area contributed by atoms with E-state index in [1.165, 1.54) is 89.9 Å². The Morgan fingerprint density at radius 3 is 1.50 bits per heavy atom. The van der Waals surface area contributed by atoms with Crippen molar-refractivity contribution in [1.82, 2.24) is 0 Å². The first-order valence-electron chi connectivity index (χ1n) is 11.7. The SMILES string of the molecule is CCCCCCCCCCCCCCCCC/C=C/CC(CC(=O)O)C(=O)O. The van der Waals surface area contributed by atoms with Gasteiger partial charge >= 0.3 is 11.9 Å². The zero-order valence-corrected chi connectivity index (χ0v) is 18.2. The second-order valence-electron chi connectivity index (χ2n) is 8.08. The summed E-state index contributed by atoms with van der Waals surface area (Å²) in [5.74, 6) is -2.89. The van der Waals surface area contributed by atoms with Crippen LogP contribution in [0.5, 0.6) is 0 Å². The number of unbranched alkanes of at least 4 members (excludes halogenated alkanes) is 15. The molecule has 0 aromatic rings. The Labute approximate surface area is 172 Å². The highest BCUT2D eigenvalue weighted by atomic mass is 16.4. The van der Waals surface area contributed by atoms with Crippen molar-refractivity contribution in [2.45, 2.75) is 122 Å². The van der Waals surface area contributed by atoms with E-state index in [4.69, 9.17) is 10.2 Å². The summed E-state index contributed by atoms with van der Waals surface area (Å²) in [4.78, 5) is 21.6. The van der Waals surface area contributed by atoms with E-state index in [2.05, 4.69) is 6.92 Å². The zero-order chi connectivity index (χ0) is 20.9. The van der Waals surface area contributed by atoms with Crippen molar-refractivity contribution in [3.8, 4) is 0 Å². The molecule has 2 N–H and O–H groups in total. The number of rotatable bonds is 21. The molecule has 4 nitrogen and oxygen atoms in total. The average Bonchev–Trinajstić information content (AvgIpc) is 2.65. The lowest BCUT2D eigenvalue weighted by atomic mass is 10.0. The summed E-state index contributed by atoms with van der Waals surface area (Å²) < 4.78 is 0. The van der Waals surface area contributed by atoms with Gasteiger partial charge in [-0.15, -0.1) is 0 Å². The van der Waals surface area contributed by atoms with Crippen LogP contribution in [-0.4, -0.2) is 22.2 Å². The van der Waals surface area contributed by atoms with E-state index >= 15 is 0 Å². The van der Waals surface area contributed by atoms with Gasteiger partial charge in [0.15, 0.2) is 0 Å². The minimum absolute atomic E-state index is 0.306. The summed E-state index contributed by atoms with van der Waals surface area (Å²) in [6.07, 6.45) is 25.1. The molecular formula is C24H44O4. The maximum atomic E-state index is 11.0. The van der Waals surface area contributed by atoms with E-state index in [-0.39, 0.29) is 6.42 Å². The molecule has 0 aromatic heterocycles. The molecule has 0 aromatic carbocycles. The smallest absolute Gasteiger partial charge is 0.307 e. The lowest BCUT2D eigenvalue weighted by Crippen LogP contribution is -2.16. The summed E-state index contributed by atoms with van der Waals surface area (Å²) in [6, 6.07) is 0. The van der Waals surface area contributed by atoms with Crippen molar-refractivity contribution in [3.63, 3.8) is 0 Å². The van der Waals surface area contributed by atoms with Crippen LogP contribution in [0.3, 0.4) is 0 Å². The summed E-state index contributed by atoms with van der Waals surface area (Å²) in [5.41, 5.74) is 0. The summed E-state index contributed by atoms with van der Waals surface area (Å²) in [7, 11) is 0. The largest absolute Gasteiger partial charge is 0.481 e. The molecule has 0 heterocycles. The van der Waals surface area contributed by atoms with Crippen molar-refractivity contribution >= 4 is 11.9 Å². The van der Waals surface area contributed by atoms with Crippen molar-refractivity contribution in [3.05, 3.63) is 12.2 Å². The van der Waals surface area contributed by atoms with Crippen LogP contribution in [0.4, 0.5) is 0 Å². The minimum atomic E-state index is -1.05. The molecule has 0 aliphatic heterocycles. The van der Waals surface area contributed by atoms with Crippen molar-refractivity contribution in [1.29, 1.82) is 0 Å². The van der Waals surface area contributed by atoms with Gasteiger partial charge in [0.1, 0.15) is 0 Å². The number of carboxylic acid groups (broad SMARTS) is 2. The second-order valence-corrected chi connectivity index (χ2v) is 8.08. The fourth-order valence-electron chi connectivity index (χ4n) is 3.49. The fraction of sp³-hybridized carbons (Fsp3) is 0.833. The quantitative estimate of drug-likeness (QED) is 0.157. The Morgan fingerprint density at radius 2 is 1.11 bits per heavy atom. The molecule has 0 bridgehead atoms. The van der Waals surface area contributed by atoms with Gasteiger partial charge in [-0.2, -0.15) is 0 Å². The third-order valence-corrected chi connectivity index (χ3v) is 5.33. The minimum Gasteiger partial charge on any atom is -0.481 e. The van der Waals surface area contributed by atoms with E-state index in [1.807, 2.05) is 12.2 Å². The Balaban J connectivity index is 3.33. The summed E-state index contributed by atoms with van der Waals surface area (Å²) in [5, 5.41) is 17.7. The van der Waals surface area contributed by atoms with E-state index in [0.717, 1.165) is 12.8 Å². The molecule has 0 aliphatic carbocycles. The highest BCUT2D eigenvalue weighted by Gasteiger charge is 2.19. The summed E-state index contributed by atoms with van der Waals surface area (Å²) in [6.45, 7) is 2.27. The predicted octanol–water partition coefficient (Wildman–Crippen LogP) is 7.37. The van der Waals surface area contributed by atoms with E-state index in [9.17, 15) is 9.59 Å². The van der Waals surface area contributed by atoms with E-state index in [1.54, 1.807) is 0 Å². The maximum absolute atomic E-state index is 11.0. The molecule has 0 saturated heterocycles. The van der Waals surface area contributed by atoms with Crippen LogP contribution in [0.25, 0.3) is 0 Å². The lowest BCUT2D eigenvalue weighted by Gasteiger charge is -2.05. The Hall–Kier alpha value is -1.32. The van der Waals surface area contributed by atoms with Crippen LogP contribution in [0.2, 0.25) is 0 Å². The first-order valence-corrected chi connectivity index (χ1v) is 11.7. The maximum Gasteiger partial charge on any atom is 0.307 e. The standard InChI is InChI=1S/C24H44O4/c1-2-3-4-5-6-7-8-9-10-11-12-13-14-15-16-17-18-19-20-22(24(27)28)21-23(25)26/h18-19,22H,2-17,20-21H2,1H3,(H,25,26)(H,27,28)/b19-18+. The normalized spacial score (nSPS) is 12.5. The molecule has 0 radical (unpaired) electrons. The lowest BCUT2D eigenvalue weighted by molar-refractivity contribution is -0.148. The van der Waals surface area contributed by atoms with Gasteiger partial charge in [-0.3, -0.25) is 9.59 Å². The number of hydrogen-bond acceptors (Lipinski definition) is 2. The van der Waals surface area contributed by atoms with Gasteiger partial charge in [0.25, 0.3) is 0 Å². The molecule has 0 fully saturated rings. The van der Waals surface area contributed by atoms with Crippen LogP contribution >= 0.6 is 0 Å². The molecule has 28 heavy (non-hydrogen) atoms. The molecular weight excluding hydrogens is 352 g/mol. The van der Waals surface area contributed by atoms with Crippen LogP contribution in [0, 0.1) is 5.92 Å². The Morgan fingerprint density at radius 1 is 0.679 bits per heavy atom.